The van der Waals surface area contributed by atoms with Gasteiger partial charge in [-0.3, -0.25) is 14.3 Å². The number of phenolic OH excluding ortho intramolecular Hbond substituents is 2. The third-order valence-electron chi connectivity index (χ3n) is 6.37. The lowest BCUT2D eigenvalue weighted by molar-refractivity contribution is 0.0988. The summed E-state index contributed by atoms with van der Waals surface area (Å²) in [5, 5.41) is 32.3. The minimum absolute atomic E-state index is 0.00515. The summed E-state index contributed by atoms with van der Waals surface area (Å²) in [5.41, 5.74) is 8.15. The van der Waals surface area contributed by atoms with Crippen molar-refractivity contribution in [1.82, 2.24) is 24.6 Å². The highest BCUT2D eigenvalue weighted by Crippen LogP contribution is 2.38. The maximum Gasteiger partial charge on any atom is 0.287 e. The van der Waals surface area contributed by atoms with Crippen LogP contribution in [0.1, 0.15) is 35.9 Å². The molecule has 2 aromatic carbocycles. The van der Waals surface area contributed by atoms with E-state index in [4.69, 9.17) is 5.73 Å². The number of anilines is 1. The summed E-state index contributed by atoms with van der Waals surface area (Å²) in [7, 11) is 2.15. The molecule has 0 saturated carbocycles. The van der Waals surface area contributed by atoms with Crippen LogP contribution in [0.15, 0.2) is 36.4 Å². The highest BCUT2D eigenvalue weighted by Gasteiger charge is 2.23. The molecule has 35 heavy (non-hydrogen) atoms. The number of carbonyl (C=O) groups is 1. The van der Waals surface area contributed by atoms with Crippen LogP contribution in [0.25, 0.3) is 17.1 Å². The third kappa shape index (κ3) is 5.39. The summed E-state index contributed by atoms with van der Waals surface area (Å²) >= 11 is 0. The summed E-state index contributed by atoms with van der Waals surface area (Å²) in [6.07, 6.45) is 0. The lowest BCUT2D eigenvalue weighted by atomic mass is 9.98. The largest absolute Gasteiger partial charge is 0.508 e. The Hall–Kier alpha value is -3.63. The number of nitrogens with two attached hydrogens (primary N) is 1. The second kappa shape index (κ2) is 10.3. The summed E-state index contributed by atoms with van der Waals surface area (Å²) in [6, 6.07) is 10.5. The number of benzene rings is 2. The van der Waals surface area contributed by atoms with E-state index in [1.807, 2.05) is 38.1 Å². The molecular formula is C25H33N7O3. The first kappa shape index (κ1) is 24.5. The molecule has 1 saturated heterocycles. The number of carbonyl (C=O) groups excluding carboxylic acids is 1. The fraction of sp³-hybridized carbons (Fsp3) is 0.400. The Bertz CT molecular complexity index is 1180. The average molecular weight is 480 g/mol. The van der Waals surface area contributed by atoms with Crippen molar-refractivity contribution in [2.45, 2.75) is 19.8 Å². The standard InChI is InChI=1S/C25H33N7O3/c1-16(2)19-14-20(22(34)15-21(19)33)24-28-29-25(23(26)35)32(24)18-6-4-17(5-7-18)27-8-9-31-12-10-30(3)11-13-31/h4-7,14-16,27,33-34H,8-13H2,1-3H3,(H2,26,35). The fourth-order valence-electron chi connectivity index (χ4n) is 4.26. The van der Waals surface area contributed by atoms with Crippen LogP contribution in [0.5, 0.6) is 11.5 Å². The van der Waals surface area contributed by atoms with Crippen molar-refractivity contribution in [3.63, 3.8) is 0 Å². The van der Waals surface area contributed by atoms with Gasteiger partial charge in [0.25, 0.3) is 5.91 Å². The van der Waals surface area contributed by atoms with Crippen LogP contribution < -0.4 is 11.1 Å². The van der Waals surface area contributed by atoms with E-state index in [0.29, 0.717) is 16.8 Å². The van der Waals surface area contributed by atoms with Crippen LogP contribution in [-0.4, -0.2) is 87.0 Å². The van der Waals surface area contributed by atoms with E-state index in [-0.39, 0.29) is 29.1 Å². The number of aromatic nitrogens is 3. The highest BCUT2D eigenvalue weighted by atomic mass is 16.3. The van der Waals surface area contributed by atoms with Gasteiger partial charge in [-0.2, -0.15) is 0 Å². The van der Waals surface area contributed by atoms with E-state index in [2.05, 4.69) is 32.4 Å². The molecule has 1 aliphatic rings. The molecule has 1 aliphatic heterocycles. The number of likely N-dealkylation sites (N-methyl/N-ethyl adjacent to an activating group) is 1. The van der Waals surface area contributed by atoms with Gasteiger partial charge < -0.3 is 26.2 Å². The van der Waals surface area contributed by atoms with Crippen LogP contribution >= 0.6 is 0 Å². The van der Waals surface area contributed by atoms with Gasteiger partial charge in [-0.25, -0.2) is 0 Å². The number of nitrogens with one attached hydrogen (secondary N) is 1. The third-order valence-corrected chi connectivity index (χ3v) is 6.37. The number of rotatable bonds is 8. The molecule has 10 heteroatoms. The van der Waals surface area contributed by atoms with Crippen molar-refractivity contribution in [2.75, 3.05) is 51.6 Å². The molecule has 10 nitrogen and oxygen atoms in total. The number of aromatic hydroxyl groups is 2. The molecule has 5 N–H and O–H groups in total. The molecule has 2 heterocycles. The van der Waals surface area contributed by atoms with E-state index >= 15 is 0 Å². The molecule has 0 aliphatic carbocycles. The molecule has 0 bridgehead atoms. The van der Waals surface area contributed by atoms with Crippen molar-refractivity contribution >= 4 is 11.6 Å². The quantitative estimate of drug-likeness (QED) is 0.387. The summed E-state index contributed by atoms with van der Waals surface area (Å²) < 4.78 is 1.52. The molecule has 0 atom stereocenters. The Kier molecular flexibility index (Phi) is 7.23. The number of hydrogen-bond acceptors (Lipinski definition) is 8. The zero-order valence-corrected chi connectivity index (χ0v) is 20.4. The van der Waals surface area contributed by atoms with E-state index in [1.54, 1.807) is 6.07 Å². The fourth-order valence-corrected chi connectivity index (χ4v) is 4.26. The van der Waals surface area contributed by atoms with Gasteiger partial charge in [0, 0.05) is 56.7 Å². The van der Waals surface area contributed by atoms with E-state index in [9.17, 15) is 15.0 Å². The number of primary amides is 1. The monoisotopic (exact) mass is 479 g/mol. The predicted octanol–water partition coefficient (Wildman–Crippen LogP) is 2.23. The molecule has 4 rings (SSSR count). The van der Waals surface area contributed by atoms with Crippen LogP contribution in [0.2, 0.25) is 0 Å². The Morgan fingerprint density at radius 1 is 1.06 bits per heavy atom. The van der Waals surface area contributed by atoms with Gasteiger partial charge in [0.2, 0.25) is 5.82 Å². The Morgan fingerprint density at radius 3 is 2.37 bits per heavy atom. The first-order valence-electron chi connectivity index (χ1n) is 11.8. The number of amides is 1. The molecule has 186 valence electrons. The summed E-state index contributed by atoms with van der Waals surface area (Å²) in [4.78, 5) is 16.9. The summed E-state index contributed by atoms with van der Waals surface area (Å²) in [6.45, 7) is 10.00. The second-order valence-electron chi connectivity index (χ2n) is 9.25. The first-order chi connectivity index (χ1) is 16.7. The predicted molar refractivity (Wildman–Crippen MR) is 135 cm³/mol. The van der Waals surface area contributed by atoms with E-state index in [0.717, 1.165) is 45.0 Å². The van der Waals surface area contributed by atoms with Gasteiger partial charge in [-0.15, -0.1) is 10.2 Å². The van der Waals surface area contributed by atoms with Gasteiger partial charge in [0.15, 0.2) is 5.82 Å². The maximum atomic E-state index is 12.1. The Morgan fingerprint density at radius 2 is 1.74 bits per heavy atom. The minimum atomic E-state index is -0.736. The summed E-state index contributed by atoms with van der Waals surface area (Å²) in [5.74, 6) is -0.686. The molecule has 3 aromatic rings. The Labute approximate surface area is 205 Å². The molecule has 0 spiro atoms. The van der Waals surface area contributed by atoms with E-state index in [1.165, 1.54) is 10.6 Å². The zero-order valence-electron chi connectivity index (χ0n) is 20.4. The Balaban J connectivity index is 1.58. The number of hydrogen-bond donors (Lipinski definition) is 4. The van der Waals surface area contributed by atoms with Crippen molar-refractivity contribution in [3.8, 4) is 28.6 Å². The first-order valence-corrected chi connectivity index (χ1v) is 11.8. The van der Waals surface area contributed by atoms with Crippen molar-refractivity contribution < 1.29 is 15.0 Å². The lowest BCUT2D eigenvalue weighted by Gasteiger charge is -2.32. The molecule has 0 unspecified atom stereocenters. The minimum Gasteiger partial charge on any atom is -0.508 e. The molecule has 0 radical (unpaired) electrons. The van der Waals surface area contributed by atoms with Gasteiger partial charge >= 0.3 is 0 Å². The zero-order chi connectivity index (χ0) is 25.1. The normalized spacial score (nSPS) is 15.0. The van der Waals surface area contributed by atoms with Gasteiger partial charge in [-0.1, -0.05) is 13.8 Å². The SMILES string of the molecule is CC(C)c1cc(-c2nnc(C(N)=O)n2-c2ccc(NCCN3CCN(C)CC3)cc2)c(O)cc1O. The van der Waals surface area contributed by atoms with Gasteiger partial charge in [0.05, 0.1) is 5.56 Å². The average Bonchev–Trinajstić information content (AvgIpc) is 3.26. The van der Waals surface area contributed by atoms with Gasteiger partial charge in [0.1, 0.15) is 11.5 Å². The van der Waals surface area contributed by atoms with Crippen LogP contribution in [0, 0.1) is 0 Å². The molecule has 1 amide bonds. The molecule has 1 aromatic heterocycles. The van der Waals surface area contributed by atoms with Gasteiger partial charge in [-0.05, 0) is 48.9 Å². The molecular weight excluding hydrogens is 446 g/mol. The van der Waals surface area contributed by atoms with Crippen molar-refractivity contribution in [3.05, 3.63) is 47.8 Å². The second-order valence-corrected chi connectivity index (χ2v) is 9.25. The molecule has 1 fully saturated rings. The van der Waals surface area contributed by atoms with E-state index < -0.39 is 5.91 Å². The van der Waals surface area contributed by atoms with Crippen molar-refractivity contribution in [2.24, 2.45) is 5.73 Å². The lowest BCUT2D eigenvalue weighted by Crippen LogP contribution is -2.45. The number of nitrogens with zero attached hydrogens (tertiary/aromatic N) is 5. The maximum absolute atomic E-state index is 12.1. The number of phenols is 2. The highest BCUT2D eigenvalue weighted by molar-refractivity contribution is 5.91. The van der Waals surface area contributed by atoms with Crippen molar-refractivity contribution in [1.29, 1.82) is 0 Å². The van der Waals surface area contributed by atoms with Crippen LogP contribution in [-0.2, 0) is 0 Å². The number of piperazine rings is 1. The topological polar surface area (TPSA) is 133 Å². The smallest absolute Gasteiger partial charge is 0.287 e. The van der Waals surface area contributed by atoms with Crippen LogP contribution in [0.3, 0.4) is 0 Å². The van der Waals surface area contributed by atoms with Crippen LogP contribution in [0.4, 0.5) is 5.69 Å².